The predicted octanol–water partition coefficient (Wildman–Crippen LogP) is 3.21. The molecule has 7 heteroatoms. The number of nitrogens with zero attached hydrogens (tertiary/aromatic N) is 2. The number of rotatable bonds is 4. The molecule has 26 heavy (non-hydrogen) atoms. The molecule has 0 bridgehead atoms. The Morgan fingerprint density at radius 2 is 1.88 bits per heavy atom. The highest BCUT2D eigenvalue weighted by Gasteiger charge is 2.35. The molecule has 2 heterocycles. The summed E-state index contributed by atoms with van der Waals surface area (Å²) < 4.78 is 15.2. The van der Waals surface area contributed by atoms with Gasteiger partial charge >= 0.3 is 0 Å². The second-order valence-electron chi connectivity index (χ2n) is 5.95. The van der Waals surface area contributed by atoms with E-state index in [0.717, 1.165) is 11.1 Å². The Labute approximate surface area is 148 Å². The molecule has 0 saturated carbocycles. The van der Waals surface area contributed by atoms with Crippen molar-refractivity contribution in [2.75, 3.05) is 10.6 Å². The molecule has 2 amide bonds. The monoisotopic (exact) mass is 350 g/mol. The van der Waals surface area contributed by atoms with Crippen LogP contribution >= 0.6 is 0 Å². The van der Waals surface area contributed by atoms with Gasteiger partial charge in [-0.3, -0.25) is 9.59 Å². The maximum atomic E-state index is 13.7. The lowest BCUT2D eigenvalue weighted by atomic mass is 10.1. The minimum absolute atomic E-state index is 0.0848. The molecule has 130 valence electrons. The number of fused-ring (bicyclic) bond motifs is 1. The Morgan fingerprint density at radius 3 is 2.65 bits per heavy atom. The summed E-state index contributed by atoms with van der Waals surface area (Å²) in [5.41, 5.74) is 1.79. The number of carbonyl (C=O) groups is 2. The molecule has 4 rings (SSSR count). The lowest BCUT2D eigenvalue weighted by Crippen LogP contribution is -2.23. The topological polar surface area (TPSA) is 76.0 Å². The van der Waals surface area contributed by atoms with Gasteiger partial charge in [0.2, 0.25) is 5.91 Å². The standard InChI is InChI=1S/C19H15FN4O2/c20-14-8-4-5-9-15(14)22-17(25)10-16-19(26)23-18-13(11-21-24(16)18)12-6-2-1-3-7-12/h1-9,11,16H,10H2,(H,22,25)(H,23,26)/t16-/m1/s1. The Kier molecular flexibility index (Phi) is 3.96. The molecule has 0 fully saturated rings. The summed E-state index contributed by atoms with van der Waals surface area (Å²) in [6.07, 6.45) is 1.52. The van der Waals surface area contributed by atoms with Gasteiger partial charge in [0.25, 0.3) is 5.91 Å². The first-order valence-electron chi connectivity index (χ1n) is 8.11. The largest absolute Gasteiger partial charge is 0.324 e. The van der Waals surface area contributed by atoms with Crippen LogP contribution in [0.2, 0.25) is 0 Å². The molecule has 2 aromatic carbocycles. The number of carbonyl (C=O) groups excluding carboxylic acids is 2. The maximum Gasteiger partial charge on any atom is 0.251 e. The number of para-hydroxylation sites is 1. The van der Waals surface area contributed by atoms with Crippen molar-refractivity contribution in [2.45, 2.75) is 12.5 Å². The van der Waals surface area contributed by atoms with Crippen LogP contribution in [-0.4, -0.2) is 21.6 Å². The van der Waals surface area contributed by atoms with E-state index in [1.165, 1.54) is 22.9 Å². The van der Waals surface area contributed by atoms with Gasteiger partial charge in [-0.05, 0) is 17.7 Å². The number of nitrogens with one attached hydrogen (secondary N) is 2. The summed E-state index contributed by atoms with van der Waals surface area (Å²) >= 11 is 0. The second kappa shape index (κ2) is 6.44. The molecule has 1 aliphatic heterocycles. The molecule has 1 atom stereocenters. The highest BCUT2D eigenvalue weighted by molar-refractivity contribution is 6.04. The minimum atomic E-state index is -0.769. The van der Waals surface area contributed by atoms with Gasteiger partial charge < -0.3 is 10.6 Å². The first-order valence-corrected chi connectivity index (χ1v) is 8.11. The molecule has 0 unspecified atom stereocenters. The summed E-state index contributed by atoms with van der Waals surface area (Å²) in [6, 6.07) is 14.7. The van der Waals surface area contributed by atoms with E-state index < -0.39 is 17.8 Å². The van der Waals surface area contributed by atoms with E-state index in [9.17, 15) is 14.0 Å². The van der Waals surface area contributed by atoms with Gasteiger partial charge in [0.05, 0.1) is 18.3 Å². The van der Waals surface area contributed by atoms with Crippen LogP contribution in [-0.2, 0) is 9.59 Å². The molecule has 6 nitrogen and oxygen atoms in total. The third-order valence-electron chi connectivity index (χ3n) is 4.25. The summed E-state index contributed by atoms with van der Waals surface area (Å²) in [6.45, 7) is 0. The average molecular weight is 350 g/mol. The van der Waals surface area contributed by atoms with Crippen LogP contribution in [0.25, 0.3) is 11.1 Å². The summed E-state index contributed by atoms with van der Waals surface area (Å²) in [5.74, 6) is -0.735. The lowest BCUT2D eigenvalue weighted by Gasteiger charge is -2.10. The van der Waals surface area contributed by atoms with Gasteiger partial charge in [0.15, 0.2) is 0 Å². The van der Waals surface area contributed by atoms with Crippen LogP contribution < -0.4 is 10.6 Å². The fourth-order valence-corrected chi connectivity index (χ4v) is 2.98. The quantitative estimate of drug-likeness (QED) is 0.759. The number of amides is 2. The lowest BCUT2D eigenvalue weighted by molar-refractivity contribution is -0.123. The smallest absolute Gasteiger partial charge is 0.251 e. The van der Waals surface area contributed by atoms with Crippen LogP contribution in [0.4, 0.5) is 15.9 Å². The van der Waals surface area contributed by atoms with E-state index in [1.54, 1.807) is 12.3 Å². The van der Waals surface area contributed by atoms with E-state index in [-0.39, 0.29) is 18.0 Å². The Balaban J connectivity index is 1.55. The minimum Gasteiger partial charge on any atom is -0.324 e. The van der Waals surface area contributed by atoms with Gasteiger partial charge in [-0.2, -0.15) is 5.10 Å². The number of benzene rings is 2. The van der Waals surface area contributed by atoms with Crippen molar-refractivity contribution in [1.82, 2.24) is 9.78 Å². The zero-order chi connectivity index (χ0) is 18.1. The fraction of sp³-hybridized carbons (Fsp3) is 0.105. The highest BCUT2D eigenvalue weighted by atomic mass is 19.1. The molecule has 0 aliphatic carbocycles. The predicted molar refractivity (Wildman–Crippen MR) is 95.0 cm³/mol. The molecule has 1 aliphatic rings. The fourth-order valence-electron chi connectivity index (χ4n) is 2.98. The third kappa shape index (κ3) is 2.83. The SMILES string of the molecule is O=C(C[C@@H]1C(=O)Nc2c(-c3ccccc3)cnn21)Nc1ccccc1F. The molecule has 0 saturated heterocycles. The van der Waals surface area contributed by atoms with Crippen LogP contribution in [0.5, 0.6) is 0 Å². The van der Waals surface area contributed by atoms with Crippen molar-refractivity contribution in [3.63, 3.8) is 0 Å². The Hall–Kier alpha value is -3.48. The van der Waals surface area contributed by atoms with Crippen LogP contribution in [0.15, 0.2) is 60.8 Å². The number of aromatic nitrogens is 2. The number of halogens is 1. The molecule has 0 radical (unpaired) electrons. The van der Waals surface area contributed by atoms with Crippen molar-refractivity contribution in [1.29, 1.82) is 0 Å². The maximum absolute atomic E-state index is 13.7. The zero-order valence-electron chi connectivity index (χ0n) is 13.6. The second-order valence-corrected chi connectivity index (χ2v) is 5.95. The Morgan fingerprint density at radius 1 is 1.15 bits per heavy atom. The summed E-state index contributed by atoms with van der Waals surface area (Å²) in [7, 11) is 0. The normalized spacial score (nSPS) is 15.4. The molecule has 0 spiro atoms. The first kappa shape index (κ1) is 16.0. The van der Waals surface area contributed by atoms with Crippen molar-refractivity contribution in [2.24, 2.45) is 0 Å². The van der Waals surface area contributed by atoms with Gasteiger partial charge in [0.1, 0.15) is 17.7 Å². The van der Waals surface area contributed by atoms with Crippen molar-refractivity contribution < 1.29 is 14.0 Å². The van der Waals surface area contributed by atoms with Gasteiger partial charge in [-0.25, -0.2) is 9.07 Å². The van der Waals surface area contributed by atoms with Crippen molar-refractivity contribution in [3.8, 4) is 11.1 Å². The molecule has 1 aromatic heterocycles. The molecular formula is C19H15FN4O2. The van der Waals surface area contributed by atoms with Crippen LogP contribution in [0.1, 0.15) is 12.5 Å². The number of hydrogen-bond donors (Lipinski definition) is 2. The van der Waals surface area contributed by atoms with E-state index in [1.807, 2.05) is 30.3 Å². The average Bonchev–Trinajstić information content (AvgIpc) is 3.18. The van der Waals surface area contributed by atoms with Crippen molar-refractivity contribution in [3.05, 3.63) is 66.6 Å². The summed E-state index contributed by atoms with van der Waals surface area (Å²) in [4.78, 5) is 24.6. The molecular weight excluding hydrogens is 335 g/mol. The van der Waals surface area contributed by atoms with E-state index >= 15 is 0 Å². The Bertz CT molecular complexity index is 984. The highest BCUT2D eigenvalue weighted by Crippen LogP contribution is 2.35. The molecule has 2 N–H and O–H groups in total. The third-order valence-corrected chi connectivity index (χ3v) is 4.25. The molecule has 3 aromatic rings. The van der Waals surface area contributed by atoms with Gasteiger partial charge in [-0.15, -0.1) is 0 Å². The van der Waals surface area contributed by atoms with Crippen LogP contribution in [0, 0.1) is 5.82 Å². The van der Waals surface area contributed by atoms with Crippen LogP contribution in [0.3, 0.4) is 0 Å². The van der Waals surface area contributed by atoms with E-state index in [0.29, 0.717) is 5.82 Å². The number of anilines is 2. The first-order chi connectivity index (χ1) is 12.6. The summed E-state index contributed by atoms with van der Waals surface area (Å²) in [5, 5.41) is 9.54. The van der Waals surface area contributed by atoms with E-state index in [4.69, 9.17) is 0 Å². The zero-order valence-corrected chi connectivity index (χ0v) is 13.6. The number of hydrogen-bond acceptors (Lipinski definition) is 3. The van der Waals surface area contributed by atoms with E-state index in [2.05, 4.69) is 15.7 Å². The van der Waals surface area contributed by atoms with Gasteiger partial charge in [-0.1, -0.05) is 42.5 Å². The van der Waals surface area contributed by atoms with Crippen molar-refractivity contribution >= 4 is 23.3 Å². The van der Waals surface area contributed by atoms with Gasteiger partial charge in [0, 0.05) is 5.56 Å².